The SMILES string of the molecule is CC#CC[C@H](C)[C@H](O)C=C[C@@H]1[C@H]2c3cccc(CCCC)c3O[C@H]2C[C@H]1O.CC(C)NC(C)C. The van der Waals surface area contributed by atoms with Gasteiger partial charge in [-0.05, 0) is 31.2 Å². The number of hydrogen-bond donors (Lipinski definition) is 3. The molecule has 0 bridgehead atoms. The van der Waals surface area contributed by atoms with E-state index in [1.165, 1.54) is 17.5 Å². The van der Waals surface area contributed by atoms with Crippen LogP contribution in [-0.4, -0.2) is 40.6 Å². The molecular weight excluding hydrogens is 422 g/mol. The van der Waals surface area contributed by atoms with E-state index in [2.05, 4.69) is 70.0 Å². The minimum Gasteiger partial charge on any atom is -0.489 e. The average molecular weight is 470 g/mol. The number of nitrogens with one attached hydrogen (secondary N) is 1. The number of para-hydroxylation sites is 1. The van der Waals surface area contributed by atoms with E-state index in [0.717, 1.165) is 18.6 Å². The number of aryl methyl sites for hydroxylation is 1. The summed E-state index contributed by atoms with van der Waals surface area (Å²) in [4.78, 5) is 0. The Bertz CT molecular complexity index is 829. The van der Waals surface area contributed by atoms with E-state index < -0.39 is 12.2 Å². The van der Waals surface area contributed by atoms with Gasteiger partial charge >= 0.3 is 0 Å². The standard InChI is InChI=1S/C24H32O3.C6H15N/c1-4-6-9-16(3)20(25)14-13-18-21(26)15-22-23(18)19-12-8-11-17(10-7-5-2)24(19)27-22;1-5(2)7-6(3)4/h8,11-14,16,18,20-23,25-26H,5,7,9-10,15H2,1-3H3;5-7H,1-4H3/t16-,18-,20+,21+,22-,23-;/m0./s1. The maximum atomic E-state index is 10.6. The molecule has 34 heavy (non-hydrogen) atoms. The van der Waals surface area contributed by atoms with Gasteiger partial charge in [-0.2, -0.15) is 0 Å². The lowest BCUT2D eigenvalue weighted by molar-refractivity contribution is 0.134. The molecule has 1 heterocycles. The van der Waals surface area contributed by atoms with Crippen LogP contribution in [0.2, 0.25) is 0 Å². The van der Waals surface area contributed by atoms with Crippen LogP contribution in [0.15, 0.2) is 30.4 Å². The molecule has 0 unspecified atom stereocenters. The molecule has 3 rings (SSSR count). The Morgan fingerprint density at radius 1 is 1.18 bits per heavy atom. The van der Waals surface area contributed by atoms with Crippen LogP contribution in [0, 0.1) is 23.7 Å². The smallest absolute Gasteiger partial charge is 0.126 e. The summed E-state index contributed by atoms with van der Waals surface area (Å²) in [5, 5.41) is 24.3. The summed E-state index contributed by atoms with van der Waals surface area (Å²) in [6, 6.07) is 7.67. The molecule has 0 saturated heterocycles. The Balaban J connectivity index is 0.000000509. The molecule has 1 aliphatic heterocycles. The Labute approximate surface area is 208 Å². The molecule has 0 spiro atoms. The molecule has 1 fully saturated rings. The van der Waals surface area contributed by atoms with Crippen LogP contribution in [0.5, 0.6) is 5.75 Å². The van der Waals surface area contributed by atoms with Crippen LogP contribution in [0.4, 0.5) is 0 Å². The number of fused-ring (bicyclic) bond motifs is 3. The highest BCUT2D eigenvalue weighted by Gasteiger charge is 2.48. The molecular formula is C30H47NO3. The first-order chi connectivity index (χ1) is 16.2. The highest BCUT2D eigenvalue weighted by atomic mass is 16.5. The van der Waals surface area contributed by atoms with Crippen LogP contribution in [0.25, 0.3) is 0 Å². The number of rotatable bonds is 9. The summed E-state index contributed by atoms with van der Waals surface area (Å²) >= 11 is 0. The highest BCUT2D eigenvalue weighted by Crippen LogP contribution is 2.52. The van der Waals surface area contributed by atoms with E-state index in [0.29, 0.717) is 24.9 Å². The third kappa shape index (κ3) is 7.87. The van der Waals surface area contributed by atoms with Crippen molar-refractivity contribution < 1.29 is 14.9 Å². The van der Waals surface area contributed by atoms with Gasteiger partial charge in [0.25, 0.3) is 0 Å². The molecule has 0 amide bonds. The molecule has 0 radical (unpaired) electrons. The zero-order chi connectivity index (χ0) is 25.3. The second kappa shape index (κ2) is 13.9. The average Bonchev–Trinajstić information content (AvgIpc) is 3.28. The van der Waals surface area contributed by atoms with Crippen molar-refractivity contribution in [3.8, 4) is 17.6 Å². The Hall–Kier alpha value is -1.80. The van der Waals surface area contributed by atoms with Crippen molar-refractivity contribution in [3.63, 3.8) is 0 Å². The normalized spacial score (nSPS) is 24.7. The van der Waals surface area contributed by atoms with Crippen molar-refractivity contribution in [2.45, 2.75) is 117 Å². The zero-order valence-electron chi connectivity index (χ0n) is 22.3. The Morgan fingerprint density at radius 3 is 2.47 bits per heavy atom. The number of aliphatic hydroxyl groups excluding tert-OH is 2. The van der Waals surface area contributed by atoms with E-state index >= 15 is 0 Å². The molecule has 1 aliphatic carbocycles. The molecule has 1 saturated carbocycles. The third-order valence-electron chi connectivity index (χ3n) is 6.67. The minimum atomic E-state index is -0.546. The van der Waals surface area contributed by atoms with Gasteiger partial charge in [-0.3, -0.25) is 0 Å². The van der Waals surface area contributed by atoms with E-state index in [-0.39, 0.29) is 23.9 Å². The predicted octanol–water partition coefficient (Wildman–Crippen LogP) is 5.61. The van der Waals surface area contributed by atoms with E-state index in [1.54, 1.807) is 0 Å². The summed E-state index contributed by atoms with van der Waals surface area (Å²) in [7, 11) is 0. The third-order valence-corrected chi connectivity index (χ3v) is 6.67. The van der Waals surface area contributed by atoms with E-state index in [1.807, 2.05) is 26.0 Å². The summed E-state index contributed by atoms with van der Waals surface area (Å²) in [5.41, 5.74) is 2.51. The van der Waals surface area contributed by atoms with Crippen molar-refractivity contribution in [1.82, 2.24) is 5.32 Å². The first-order valence-electron chi connectivity index (χ1n) is 13.2. The molecule has 1 aromatic rings. The monoisotopic (exact) mass is 469 g/mol. The molecule has 1 aromatic carbocycles. The second-order valence-electron chi connectivity index (χ2n) is 10.5. The highest BCUT2D eigenvalue weighted by molar-refractivity contribution is 5.49. The van der Waals surface area contributed by atoms with E-state index in [9.17, 15) is 10.2 Å². The van der Waals surface area contributed by atoms with Crippen molar-refractivity contribution in [2.75, 3.05) is 0 Å². The van der Waals surface area contributed by atoms with Gasteiger partial charge in [0.1, 0.15) is 11.9 Å². The first kappa shape index (κ1) is 28.4. The first-order valence-corrected chi connectivity index (χ1v) is 13.2. The maximum Gasteiger partial charge on any atom is 0.126 e. The lowest BCUT2D eigenvalue weighted by Gasteiger charge is -2.19. The van der Waals surface area contributed by atoms with Crippen LogP contribution >= 0.6 is 0 Å². The molecule has 0 aromatic heterocycles. The fourth-order valence-corrected chi connectivity index (χ4v) is 5.01. The molecule has 2 aliphatic rings. The van der Waals surface area contributed by atoms with Crippen molar-refractivity contribution >= 4 is 0 Å². The van der Waals surface area contributed by atoms with Crippen LogP contribution in [-0.2, 0) is 6.42 Å². The summed E-state index contributed by atoms with van der Waals surface area (Å²) < 4.78 is 6.29. The number of ether oxygens (including phenoxy) is 1. The minimum absolute atomic E-state index is 0.0169. The van der Waals surface area contributed by atoms with Gasteiger partial charge in [0.05, 0.1) is 12.2 Å². The Morgan fingerprint density at radius 2 is 1.88 bits per heavy atom. The van der Waals surface area contributed by atoms with Crippen molar-refractivity contribution in [2.24, 2.45) is 11.8 Å². The quantitative estimate of drug-likeness (QED) is 0.325. The van der Waals surface area contributed by atoms with Crippen LogP contribution < -0.4 is 10.1 Å². The van der Waals surface area contributed by atoms with Gasteiger partial charge in [-0.25, -0.2) is 0 Å². The summed E-state index contributed by atoms with van der Waals surface area (Å²) in [6.45, 7) is 14.6. The number of benzene rings is 1. The lowest BCUT2D eigenvalue weighted by Crippen LogP contribution is -2.29. The van der Waals surface area contributed by atoms with Gasteiger partial charge in [0.2, 0.25) is 0 Å². The van der Waals surface area contributed by atoms with Gasteiger partial charge < -0.3 is 20.3 Å². The fourth-order valence-electron chi connectivity index (χ4n) is 5.01. The van der Waals surface area contributed by atoms with Gasteiger partial charge in [0, 0.05) is 42.3 Å². The van der Waals surface area contributed by atoms with Crippen LogP contribution in [0.1, 0.15) is 91.2 Å². The summed E-state index contributed by atoms with van der Waals surface area (Å²) in [5.74, 6) is 7.18. The molecule has 3 N–H and O–H groups in total. The lowest BCUT2D eigenvalue weighted by atomic mass is 9.86. The van der Waals surface area contributed by atoms with Crippen molar-refractivity contribution in [3.05, 3.63) is 41.5 Å². The number of unbranched alkanes of at least 4 members (excludes halogenated alkanes) is 1. The number of hydrogen-bond acceptors (Lipinski definition) is 4. The maximum absolute atomic E-state index is 10.6. The molecule has 190 valence electrons. The largest absolute Gasteiger partial charge is 0.489 e. The van der Waals surface area contributed by atoms with Gasteiger partial charge in [0.15, 0.2) is 0 Å². The van der Waals surface area contributed by atoms with Crippen molar-refractivity contribution in [1.29, 1.82) is 0 Å². The second-order valence-corrected chi connectivity index (χ2v) is 10.5. The number of aliphatic hydroxyl groups is 2. The molecule has 4 nitrogen and oxygen atoms in total. The topological polar surface area (TPSA) is 61.7 Å². The zero-order valence-corrected chi connectivity index (χ0v) is 22.3. The van der Waals surface area contributed by atoms with Gasteiger partial charge in [-0.1, -0.05) is 78.3 Å². The molecule has 4 heteroatoms. The summed E-state index contributed by atoms with van der Waals surface area (Å²) in [6.07, 6.45) is 7.60. The van der Waals surface area contributed by atoms with Gasteiger partial charge in [-0.15, -0.1) is 11.8 Å². The predicted molar refractivity (Wildman–Crippen MR) is 142 cm³/mol. The Kier molecular flexibility index (Phi) is 11.6. The van der Waals surface area contributed by atoms with E-state index in [4.69, 9.17) is 4.74 Å². The van der Waals surface area contributed by atoms with Crippen LogP contribution in [0.3, 0.4) is 0 Å². The fraction of sp³-hybridized carbons (Fsp3) is 0.667. The molecule has 6 atom stereocenters.